The zero-order chi connectivity index (χ0) is 47.5. The average molecular weight is 950 g/mol. The fourth-order valence-electron chi connectivity index (χ4n) is 8.69. The maximum absolute atomic E-state index is 14.4. The number of hydrogen-bond acceptors (Lipinski definition) is 14. The lowest BCUT2D eigenvalue weighted by Gasteiger charge is -2.40. The van der Waals surface area contributed by atoms with Gasteiger partial charge in [-0.2, -0.15) is 0 Å². The van der Waals surface area contributed by atoms with Crippen LogP contribution in [0.3, 0.4) is 0 Å². The Balaban J connectivity index is 1.32. The summed E-state index contributed by atoms with van der Waals surface area (Å²) in [6, 6.07) is 30.3. The maximum Gasteiger partial charge on any atom is 0.340 e. The molecule has 0 radical (unpaired) electrons. The number of aromatic nitrogens is 4. The maximum atomic E-state index is 14.4. The highest BCUT2D eigenvalue weighted by atomic mass is 35.5. The highest BCUT2D eigenvalue weighted by Crippen LogP contribution is 2.61. The van der Waals surface area contributed by atoms with Crippen molar-refractivity contribution < 1.29 is 38.1 Å². The SMILES string of the molecule is CC(=O)Oc1c(Cl)cc2c(c1CN(Cc1ccccn1)Cc1ccccn1)Oc1c(cc(Cl)c(OC(C)=O)c1CN(Cc1ccccn1)Cc1ccccn1)C21OC(=O)c2cc(C(C)=O)ccc21. The topological polar surface area (TPSA) is 163 Å². The Kier molecular flexibility index (Phi) is 13.1. The highest BCUT2D eigenvalue weighted by Gasteiger charge is 2.56. The third-order valence-corrected chi connectivity index (χ3v) is 12.1. The summed E-state index contributed by atoms with van der Waals surface area (Å²) in [5, 5.41) is 0.0289. The lowest BCUT2D eigenvalue weighted by molar-refractivity contribution is -0.132. The molecule has 6 heterocycles. The molecule has 2 aliphatic heterocycles. The van der Waals surface area contributed by atoms with Crippen LogP contribution in [0.15, 0.2) is 128 Å². The number of fused-ring (bicyclic) bond motifs is 6. The number of Topliss-reactive ketones (excluding diaryl/α,β-unsaturated/α-hetero) is 1. The first-order chi connectivity index (χ1) is 32.9. The van der Waals surface area contributed by atoms with Crippen molar-refractivity contribution in [3.05, 3.63) is 200 Å². The average Bonchev–Trinajstić information content (AvgIpc) is 3.61. The van der Waals surface area contributed by atoms with Gasteiger partial charge in [-0.15, -0.1) is 0 Å². The standard InChI is InChI=1S/C52H42Cl2N6O8/c1-31(61)34-16-17-42-39(22-34)51(64)68-52(42)43-23-45(53)49(65-32(2)62)40(29-59(25-35-12-4-8-18-55-35)26-36-13-5-9-19-56-36)47(43)67-48-41(50(66-33(3)63)46(54)24-44(48)52)30-60(27-37-14-6-10-20-57-37)28-38-15-7-11-21-58-38/h4-24H,25-30H2,1-3H3. The van der Waals surface area contributed by atoms with Gasteiger partial charge in [0.1, 0.15) is 11.5 Å². The molecule has 0 amide bonds. The zero-order valence-electron chi connectivity index (χ0n) is 37.1. The smallest absolute Gasteiger partial charge is 0.340 e. The van der Waals surface area contributed by atoms with Gasteiger partial charge in [-0.25, -0.2) is 4.79 Å². The van der Waals surface area contributed by atoms with Crippen molar-refractivity contribution in [3.8, 4) is 23.0 Å². The molecule has 3 aromatic carbocycles. The van der Waals surface area contributed by atoms with E-state index in [4.69, 9.17) is 42.1 Å². The van der Waals surface area contributed by atoms with E-state index in [2.05, 4.69) is 19.9 Å². The highest BCUT2D eigenvalue weighted by molar-refractivity contribution is 6.33. The normalized spacial score (nSPS) is 13.1. The van der Waals surface area contributed by atoms with Gasteiger partial charge in [0.2, 0.25) is 0 Å². The zero-order valence-corrected chi connectivity index (χ0v) is 38.6. The number of hydrogen-bond donors (Lipinski definition) is 0. The van der Waals surface area contributed by atoms with E-state index in [-0.39, 0.29) is 74.2 Å². The van der Waals surface area contributed by atoms with Crippen molar-refractivity contribution in [1.29, 1.82) is 0 Å². The quantitative estimate of drug-likeness (QED) is 0.0542. The van der Waals surface area contributed by atoms with Crippen LogP contribution in [0.2, 0.25) is 10.0 Å². The van der Waals surface area contributed by atoms with E-state index < -0.39 is 23.5 Å². The van der Waals surface area contributed by atoms with E-state index in [0.717, 1.165) is 22.8 Å². The molecule has 0 unspecified atom stereocenters. The Morgan fingerprint density at radius 1 is 0.559 bits per heavy atom. The number of ketones is 1. The lowest BCUT2D eigenvalue weighted by Crippen LogP contribution is -2.35. The van der Waals surface area contributed by atoms with Gasteiger partial charge in [-0.3, -0.25) is 44.1 Å². The first kappa shape index (κ1) is 45.8. The third-order valence-electron chi connectivity index (χ3n) is 11.5. The van der Waals surface area contributed by atoms with E-state index in [9.17, 15) is 19.2 Å². The molecule has 68 heavy (non-hydrogen) atoms. The number of pyridine rings is 4. The molecule has 0 bridgehead atoms. The second-order valence-electron chi connectivity index (χ2n) is 16.3. The van der Waals surface area contributed by atoms with Crippen LogP contribution in [-0.2, 0) is 59.2 Å². The molecule has 4 aromatic heterocycles. The Bertz CT molecular complexity index is 2830. The van der Waals surface area contributed by atoms with Crippen molar-refractivity contribution >= 4 is 46.9 Å². The van der Waals surface area contributed by atoms with Crippen molar-refractivity contribution in [3.63, 3.8) is 0 Å². The third kappa shape index (κ3) is 9.31. The molecule has 0 N–H and O–H groups in total. The first-order valence-corrected chi connectivity index (χ1v) is 22.3. The fraction of sp³-hybridized carbons (Fsp3) is 0.192. The van der Waals surface area contributed by atoms with E-state index >= 15 is 0 Å². The van der Waals surface area contributed by atoms with E-state index in [1.807, 2.05) is 82.6 Å². The van der Waals surface area contributed by atoms with Gasteiger partial charge in [0.25, 0.3) is 0 Å². The number of ether oxygens (including phenoxy) is 4. The second-order valence-corrected chi connectivity index (χ2v) is 17.2. The molecule has 0 atom stereocenters. The summed E-state index contributed by atoms with van der Waals surface area (Å²) in [5.74, 6) is -2.02. The monoisotopic (exact) mass is 948 g/mol. The number of halogens is 2. The van der Waals surface area contributed by atoms with Gasteiger partial charge in [-0.1, -0.05) is 59.6 Å². The summed E-state index contributed by atoms with van der Waals surface area (Å²) < 4.78 is 25.9. The summed E-state index contributed by atoms with van der Waals surface area (Å²) in [5.41, 5.74) is 3.07. The Morgan fingerprint density at radius 3 is 1.32 bits per heavy atom. The van der Waals surface area contributed by atoms with Crippen LogP contribution >= 0.6 is 23.2 Å². The summed E-state index contributed by atoms with van der Waals surface area (Å²) in [6.07, 6.45) is 6.80. The molecule has 16 heteroatoms. The summed E-state index contributed by atoms with van der Waals surface area (Å²) in [6.45, 7) is 5.21. The van der Waals surface area contributed by atoms with Gasteiger partial charge in [-0.05, 0) is 73.7 Å². The van der Waals surface area contributed by atoms with Crippen LogP contribution in [-0.4, -0.2) is 53.4 Å². The van der Waals surface area contributed by atoms with Gasteiger partial charge >= 0.3 is 17.9 Å². The minimum atomic E-state index is -1.84. The van der Waals surface area contributed by atoms with Crippen molar-refractivity contribution in [2.75, 3.05) is 0 Å². The van der Waals surface area contributed by atoms with Crippen LogP contribution in [0.4, 0.5) is 0 Å². The fourth-order valence-corrected chi connectivity index (χ4v) is 9.21. The van der Waals surface area contributed by atoms with E-state index in [1.165, 1.54) is 26.8 Å². The van der Waals surface area contributed by atoms with E-state index in [1.54, 1.807) is 49.1 Å². The van der Waals surface area contributed by atoms with E-state index in [0.29, 0.717) is 42.9 Å². The Morgan fingerprint density at radius 2 is 0.971 bits per heavy atom. The predicted molar refractivity (Wildman–Crippen MR) is 250 cm³/mol. The molecule has 0 aliphatic carbocycles. The predicted octanol–water partition coefficient (Wildman–Crippen LogP) is 9.60. The minimum Gasteiger partial charge on any atom is -0.455 e. The van der Waals surface area contributed by atoms with Gasteiger partial charge in [0.15, 0.2) is 22.9 Å². The number of esters is 3. The molecule has 9 rings (SSSR count). The van der Waals surface area contributed by atoms with Crippen LogP contribution in [0.25, 0.3) is 0 Å². The Hall–Kier alpha value is -7.36. The minimum absolute atomic E-state index is 0.00249. The molecule has 7 aromatic rings. The number of benzene rings is 3. The van der Waals surface area contributed by atoms with Gasteiger partial charge in [0, 0.05) is 100 Å². The van der Waals surface area contributed by atoms with Gasteiger partial charge in [0.05, 0.1) is 49.5 Å². The van der Waals surface area contributed by atoms with Crippen molar-refractivity contribution in [2.24, 2.45) is 0 Å². The molecular weight excluding hydrogens is 908 g/mol. The van der Waals surface area contributed by atoms with Crippen LogP contribution in [0.5, 0.6) is 23.0 Å². The summed E-state index contributed by atoms with van der Waals surface area (Å²) in [4.78, 5) is 75.7. The molecule has 342 valence electrons. The Labute approximate surface area is 401 Å². The molecular formula is C52H42Cl2N6O8. The molecule has 0 saturated heterocycles. The largest absolute Gasteiger partial charge is 0.455 e. The van der Waals surface area contributed by atoms with Gasteiger partial charge < -0.3 is 18.9 Å². The van der Waals surface area contributed by atoms with Crippen LogP contribution in [0.1, 0.15) is 92.1 Å². The second kappa shape index (κ2) is 19.5. The molecule has 0 saturated carbocycles. The van der Waals surface area contributed by atoms with Crippen molar-refractivity contribution in [2.45, 2.75) is 65.6 Å². The lowest BCUT2D eigenvalue weighted by atomic mass is 9.75. The molecule has 14 nitrogen and oxygen atoms in total. The molecule has 0 fully saturated rings. The number of nitrogens with zero attached hydrogens (tertiary/aromatic N) is 6. The molecule has 1 spiro atoms. The number of carbonyl (C=O) groups is 4. The first-order valence-electron chi connectivity index (χ1n) is 21.6. The van der Waals surface area contributed by atoms with Crippen molar-refractivity contribution in [1.82, 2.24) is 29.7 Å². The summed E-state index contributed by atoms with van der Waals surface area (Å²) in [7, 11) is 0. The number of carbonyl (C=O) groups excluding carboxylic acids is 4. The molecule has 2 aliphatic rings. The summed E-state index contributed by atoms with van der Waals surface area (Å²) >= 11 is 14.5. The van der Waals surface area contributed by atoms with Crippen LogP contribution in [0, 0.1) is 0 Å². The number of rotatable bonds is 15. The van der Waals surface area contributed by atoms with Crippen LogP contribution < -0.4 is 14.2 Å².